The van der Waals surface area contributed by atoms with Gasteiger partial charge in [0, 0.05) is 43.8 Å². The normalized spacial score (nSPS) is 17.1. The molecule has 76 heavy (non-hydrogen) atoms. The van der Waals surface area contributed by atoms with Gasteiger partial charge in [-0.05, 0) is 102 Å². The third kappa shape index (κ3) is 5.88. The van der Waals surface area contributed by atoms with Gasteiger partial charge in [-0.2, -0.15) is 0 Å². The van der Waals surface area contributed by atoms with E-state index in [1.54, 1.807) is 15.6 Å². The Labute approximate surface area is 455 Å². The van der Waals surface area contributed by atoms with Crippen LogP contribution in [-0.4, -0.2) is 48.1 Å². The summed E-state index contributed by atoms with van der Waals surface area (Å²) in [4.78, 5) is 0. The summed E-state index contributed by atoms with van der Waals surface area (Å²) in [6.45, 7) is 40.7. The monoisotopic (exact) mass is 1050 g/mol. The maximum absolute atomic E-state index is 2.87. The van der Waals surface area contributed by atoms with E-state index in [2.05, 4.69) is 243 Å². The standard InChI is InChI=1S/C69H73BN2Si4/c1-67(2)29-30-68(3,4)55-31-40(25-27-54(55)67)47-39-57-66-61-65(47)71-60-28-26-41(73(5,6)7)32-48(60)49-34-43(75(11,12)13)37-58(63(49)71)70(61)59-38-44(76(14,15)16)35-51-50-33-42(74(8,9)10)36-56(62(50)72(66)64(51)59)69(57)52-23-19-17-21-45(52)46-22-18-20-24-53(46)69/h17-28,31-39H,29-30H2,1-16H3. The number of fused-ring (bicyclic) bond motifs is 15. The van der Waals surface area contributed by atoms with E-state index in [1.165, 1.54) is 145 Å². The van der Waals surface area contributed by atoms with Gasteiger partial charge in [0.1, 0.15) is 0 Å². The molecular weight excluding hydrogens is 980 g/mol. The van der Waals surface area contributed by atoms with Crippen LogP contribution in [0.1, 0.15) is 73.9 Å². The second-order valence-corrected chi connectivity index (χ2v) is 49.9. The van der Waals surface area contributed by atoms with E-state index in [9.17, 15) is 0 Å². The van der Waals surface area contributed by atoms with Gasteiger partial charge < -0.3 is 9.13 Å². The van der Waals surface area contributed by atoms with Crippen LogP contribution in [0.15, 0.2) is 127 Å². The highest BCUT2D eigenvalue weighted by Gasteiger charge is 2.55. The van der Waals surface area contributed by atoms with Gasteiger partial charge in [-0.1, -0.05) is 242 Å². The SMILES string of the molecule is CC1(C)CCC(C)(C)c2cc(-c3cc4c5c6c3-n3c7ccc([Si](C)(C)C)cc7c7cc([Si](C)(C)C)cc(c73)B6c3cc([Si](C)(C)C)cc6c7cc([Si](C)(C)C)cc(c7n-5c36)C43c4ccccc4-c4ccccc43)ccc21. The minimum atomic E-state index is -1.90. The van der Waals surface area contributed by atoms with Gasteiger partial charge in [0.15, 0.2) is 0 Å². The average molecular weight is 1050 g/mol. The van der Waals surface area contributed by atoms with E-state index >= 15 is 0 Å². The predicted molar refractivity (Wildman–Crippen MR) is 343 cm³/mol. The second kappa shape index (κ2) is 14.5. The van der Waals surface area contributed by atoms with Crippen LogP contribution < -0.4 is 37.1 Å². The minimum absolute atomic E-state index is 0.0290. The molecule has 7 heteroatoms. The van der Waals surface area contributed by atoms with Crippen LogP contribution in [0, 0.1) is 0 Å². The summed E-state index contributed by atoms with van der Waals surface area (Å²) in [5, 5.41) is 11.9. The first-order chi connectivity index (χ1) is 35.7. The number of nitrogens with zero attached hydrogens (tertiary/aromatic N) is 2. The van der Waals surface area contributed by atoms with Gasteiger partial charge in [0.25, 0.3) is 6.71 Å². The summed E-state index contributed by atoms with van der Waals surface area (Å²) in [6.07, 6.45) is 2.38. The van der Waals surface area contributed by atoms with Gasteiger partial charge in [-0.15, -0.1) is 0 Å². The van der Waals surface area contributed by atoms with Crippen LogP contribution in [0.25, 0.3) is 77.2 Å². The van der Waals surface area contributed by atoms with Crippen molar-refractivity contribution in [1.82, 2.24) is 9.13 Å². The van der Waals surface area contributed by atoms with E-state index in [0.717, 1.165) is 0 Å². The van der Waals surface area contributed by atoms with Crippen molar-refractivity contribution in [3.05, 3.63) is 161 Å². The summed E-state index contributed by atoms with van der Waals surface area (Å²) in [5.74, 6) is 0. The summed E-state index contributed by atoms with van der Waals surface area (Å²) in [5.41, 5.74) is 26.8. The summed E-state index contributed by atoms with van der Waals surface area (Å²) in [6, 6.07) is 53.7. The molecule has 2 aliphatic carbocycles. The highest BCUT2D eigenvalue weighted by molar-refractivity contribution is 7.02. The fourth-order valence-electron chi connectivity index (χ4n) is 15.6. The Morgan fingerprint density at radius 3 is 1.46 bits per heavy atom. The smallest absolute Gasteiger partial charge is 0.252 e. The lowest BCUT2D eigenvalue weighted by molar-refractivity contribution is 0.332. The molecule has 0 unspecified atom stereocenters. The van der Waals surface area contributed by atoms with Crippen LogP contribution >= 0.6 is 0 Å². The zero-order valence-corrected chi connectivity index (χ0v) is 52.0. The maximum Gasteiger partial charge on any atom is 0.252 e. The first-order valence-electron chi connectivity index (χ1n) is 28.6. The molecule has 10 aromatic rings. The summed E-state index contributed by atoms with van der Waals surface area (Å²) < 4.78 is 5.70. The van der Waals surface area contributed by atoms with Gasteiger partial charge in [-0.25, -0.2) is 0 Å². The van der Waals surface area contributed by atoms with Gasteiger partial charge in [0.05, 0.1) is 54.4 Å². The Hall–Kier alpha value is -5.71. The molecular formula is C69H73BN2Si4. The Morgan fingerprint density at radius 1 is 0.382 bits per heavy atom. The van der Waals surface area contributed by atoms with Crippen LogP contribution in [0.2, 0.25) is 78.6 Å². The Bertz CT molecular complexity index is 4300. The lowest BCUT2D eigenvalue weighted by Gasteiger charge is -2.45. The molecule has 3 aliphatic heterocycles. The predicted octanol–water partition coefficient (Wildman–Crippen LogP) is 13.9. The topological polar surface area (TPSA) is 9.86 Å². The zero-order valence-electron chi connectivity index (χ0n) is 48.0. The van der Waals surface area contributed by atoms with E-state index in [1.807, 2.05) is 0 Å². The molecule has 0 fully saturated rings. The number of aromatic nitrogens is 2. The molecule has 0 bridgehead atoms. The minimum Gasteiger partial charge on any atom is -0.310 e. The average Bonchev–Trinajstić information content (AvgIpc) is 3.81. The lowest BCUT2D eigenvalue weighted by Crippen LogP contribution is -2.62. The Morgan fingerprint density at radius 2 is 0.882 bits per heavy atom. The molecule has 8 aromatic carbocycles. The van der Waals surface area contributed by atoms with E-state index in [-0.39, 0.29) is 17.5 Å². The number of benzene rings is 8. The molecule has 0 saturated heterocycles. The molecule has 0 N–H and O–H groups in total. The summed E-state index contributed by atoms with van der Waals surface area (Å²) >= 11 is 0. The molecule has 0 radical (unpaired) electrons. The summed E-state index contributed by atoms with van der Waals surface area (Å²) in [7, 11) is -7.33. The number of hydrogen-bond acceptors (Lipinski definition) is 0. The molecule has 5 heterocycles. The van der Waals surface area contributed by atoms with Crippen molar-refractivity contribution in [2.45, 2.75) is 135 Å². The maximum atomic E-state index is 2.87. The fraction of sp³-hybridized carbons (Fsp3) is 0.304. The molecule has 5 aliphatic rings. The largest absolute Gasteiger partial charge is 0.310 e. The first-order valence-corrected chi connectivity index (χ1v) is 42.6. The number of rotatable bonds is 5. The second-order valence-electron chi connectivity index (χ2n) is 29.6. The molecule has 1 spiro atoms. The Kier molecular flexibility index (Phi) is 9.06. The fourth-order valence-corrected chi connectivity index (χ4v) is 20.2. The van der Waals surface area contributed by atoms with Crippen molar-refractivity contribution in [2.24, 2.45) is 0 Å². The Balaban J connectivity index is 1.25. The van der Waals surface area contributed by atoms with Gasteiger partial charge >= 0.3 is 0 Å². The van der Waals surface area contributed by atoms with Crippen LogP contribution in [0.3, 0.4) is 0 Å². The van der Waals surface area contributed by atoms with Gasteiger partial charge in [0.2, 0.25) is 0 Å². The lowest BCUT2D eigenvalue weighted by atomic mass is 9.33. The van der Waals surface area contributed by atoms with Crippen molar-refractivity contribution >= 4 is 120 Å². The molecule has 2 aromatic heterocycles. The highest BCUT2D eigenvalue weighted by Crippen LogP contribution is 2.62. The quantitative estimate of drug-likeness (QED) is 0.152. The van der Waals surface area contributed by atoms with Crippen molar-refractivity contribution in [3.8, 4) is 33.6 Å². The molecule has 15 rings (SSSR count). The third-order valence-corrected chi connectivity index (χ3v) is 28.0. The van der Waals surface area contributed by atoms with Crippen molar-refractivity contribution in [3.63, 3.8) is 0 Å². The first kappa shape index (κ1) is 47.5. The molecule has 0 amide bonds. The van der Waals surface area contributed by atoms with Crippen molar-refractivity contribution in [1.29, 1.82) is 0 Å². The van der Waals surface area contributed by atoms with Gasteiger partial charge in [-0.3, -0.25) is 0 Å². The van der Waals surface area contributed by atoms with Crippen molar-refractivity contribution in [2.75, 3.05) is 0 Å². The zero-order chi connectivity index (χ0) is 53.1. The van der Waals surface area contributed by atoms with E-state index in [4.69, 9.17) is 0 Å². The third-order valence-electron chi connectivity index (χ3n) is 19.9. The van der Waals surface area contributed by atoms with Crippen molar-refractivity contribution < 1.29 is 0 Å². The van der Waals surface area contributed by atoms with E-state index in [0.29, 0.717) is 0 Å². The molecule has 0 atom stereocenters. The van der Waals surface area contributed by atoms with E-state index < -0.39 is 37.7 Å². The van der Waals surface area contributed by atoms with Crippen LogP contribution in [0.5, 0.6) is 0 Å². The number of hydrogen-bond donors (Lipinski definition) is 0. The molecule has 2 nitrogen and oxygen atoms in total. The van der Waals surface area contributed by atoms with Crippen LogP contribution in [-0.2, 0) is 16.2 Å². The molecule has 0 saturated carbocycles. The highest BCUT2D eigenvalue weighted by atomic mass is 28.3. The molecule has 378 valence electrons. The van der Waals surface area contributed by atoms with Crippen LogP contribution in [0.4, 0.5) is 0 Å².